The number of hydrogen-bond acceptors (Lipinski definition) is 12. The Hall–Kier alpha value is -2.50. The molecular formula is C34H56N4O12. The van der Waals surface area contributed by atoms with Crippen LogP contribution in [0.2, 0.25) is 0 Å². The van der Waals surface area contributed by atoms with Crippen LogP contribution in [0.15, 0.2) is 0 Å². The van der Waals surface area contributed by atoms with Crippen molar-refractivity contribution < 1.29 is 49.0 Å². The number of ether oxygens (including phenoxy) is 2. The maximum atomic E-state index is 13.0. The maximum Gasteiger partial charge on any atom is 0.307 e. The molecule has 4 N–H and O–H groups in total. The highest BCUT2D eigenvalue weighted by molar-refractivity contribution is 5.85. The molecule has 0 radical (unpaired) electrons. The lowest BCUT2D eigenvalue weighted by Crippen LogP contribution is -2.48. The standard InChI is InChI=1S/C34H56N4O12/c39-33(32-18-26(38(44)45)7-16-31(32)34(40)41)35-23-2-8-27(9-3-23)49-29-12-14-30(15-13-29)50-28-10-4-24(5-11-28)36-47-19-22-17-25(37(42)43)6-1-21(22)20-48-46/h21-32,36,46H,1-20H2,(H,35,39)(H,40,41). The van der Waals surface area contributed by atoms with E-state index in [0.29, 0.717) is 25.9 Å². The van der Waals surface area contributed by atoms with E-state index in [9.17, 15) is 34.9 Å². The van der Waals surface area contributed by atoms with E-state index < -0.39 is 34.8 Å². The lowest BCUT2D eigenvalue weighted by molar-refractivity contribution is -0.529. The summed E-state index contributed by atoms with van der Waals surface area (Å²) in [6, 6.07) is -1.32. The average molecular weight is 713 g/mol. The van der Waals surface area contributed by atoms with E-state index in [1.54, 1.807) is 0 Å². The molecule has 1 amide bonds. The largest absolute Gasteiger partial charge is 0.481 e. The minimum atomic E-state index is -1.07. The first-order valence-corrected chi connectivity index (χ1v) is 18.8. The highest BCUT2D eigenvalue weighted by Gasteiger charge is 2.44. The normalized spacial score (nSPS) is 38.2. The molecule has 284 valence electrons. The molecule has 50 heavy (non-hydrogen) atoms. The summed E-state index contributed by atoms with van der Waals surface area (Å²) in [6.07, 6.45) is 13.3. The molecule has 5 rings (SSSR count). The van der Waals surface area contributed by atoms with Crippen molar-refractivity contribution in [3.05, 3.63) is 20.2 Å². The van der Waals surface area contributed by atoms with Gasteiger partial charge in [0.15, 0.2) is 0 Å². The number of nitrogens with zero attached hydrogens (tertiary/aromatic N) is 2. The number of hydroxylamine groups is 1. The van der Waals surface area contributed by atoms with E-state index in [2.05, 4.69) is 15.7 Å². The third-order valence-corrected chi connectivity index (χ3v) is 12.1. The Labute approximate surface area is 292 Å². The number of nitro groups is 2. The Balaban J connectivity index is 0.930. The lowest BCUT2D eigenvalue weighted by Gasteiger charge is -2.37. The Kier molecular flexibility index (Phi) is 14.6. The summed E-state index contributed by atoms with van der Waals surface area (Å²) in [5.41, 5.74) is 3.17. The van der Waals surface area contributed by atoms with Crippen molar-refractivity contribution in [1.29, 1.82) is 0 Å². The number of rotatable bonds is 15. The fourth-order valence-electron chi connectivity index (χ4n) is 9.03. The number of carboxylic acids is 1. The SMILES string of the molecule is O=C(O)C1CCC([N+](=O)[O-])CC1C(=O)NC1CCC(OC2CCC(OC3CCC(NOCC4CC([N+](=O)[O-])CCC4COO)CC3)CC2)CC1. The smallest absolute Gasteiger partial charge is 0.307 e. The van der Waals surface area contributed by atoms with Gasteiger partial charge in [-0.2, -0.15) is 5.48 Å². The van der Waals surface area contributed by atoms with Crippen molar-refractivity contribution in [2.45, 2.75) is 164 Å². The van der Waals surface area contributed by atoms with Crippen LogP contribution in [-0.2, 0) is 28.8 Å². The number of carboxylic acid groups (broad SMARTS) is 1. The van der Waals surface area contributed by atoms with E-state index in [4.69, 9.17) is 19.6 Å². The quantitative estimate of drug-likeness (QED) is 0.106. The molecule has 5 saturated carbocycles. The molecule has 6 atom stereocenters. The van der Waals surface area contributed by atoms with Gasteiger partial charge in [0.05, 0.1) is 49.5 Å². The van der Waals surface area contributed by atoms with E-state index in [-0.39, 0.29) is 85.0 Å². The first kappa shape index (κ1) is 38.7. The zero-order chi connectivity index (χ0) is 35.6. The number of carbonyl (C=O) groups excluding carboxylic acids is 1. The van der Waals surface area contributed by atoms with Crippen molar-refractivity contribution in [3.63, 3.8) is 0 Å². The Morgan fingerprint density at radius 2 is 1.12 bits per heavy atom. The topological polar surface area (TPSA) is 222 Å². The van der Waals surface area contributed by atoms with E-state index in [1.807, 2.05) is 0 Å². The minimum Gasteiger partial charge on any atom is -0.481 e. The summed E-state index contributed by atoms with van der Waals surface area (Å²) >= 11 is 0. The van der Waals surface area contributed by atoms with Crippen LogP contribution >= 0.6 is 0 Å². The Morgan fingerprint density at radius 3 is 1.64 bits per heavy atom. The molecular weight excluding hydrogens is 656 g/mol. The molecule has 6 unspecified atom stereocenters. The van der Waals surface area contributed by atoms with E-state index in [0.717, 1.165) is 77.0 Å². The minimum absolute atomic E-state index is 0.0319. The van der Waals surface area contributed by atoms with Crippen LogP contribution in [-0.4, -0.2) is 93.9 Å². The summed E-state index contributed by atoms with van der Waals surface area (Å²) in [7, 11) is 0. The molecule has 0 aliphatic heterocycles. The van der Waals surface area contributed by atoms with Crippen LogP contribution in [0.25, 0.3) is 0 Å². The van der Waals surface area contributed by atoms with Crippen molar-refractivity contribution in [3.8, 4) is 0 Å². The predicted octanol–water partition coefficient (Wildman–Crippen LogP) is 4.29. The van der Waals surface area contributed by atoms with E-state index in [1.165, 1.54) is 0 Å². The summed E-state index contributed by atoms with van der Waals surface area (Å²) in [6.45, 7) is 0.510. The highest BCUT2D eigenvalue weighted by Crippen LogP contribution is 2.35. The van der Waals surface area contributed by atoms with Gasteiger partial charge in [-0.25, -0.2) is 4.89 Å². The summed E-state index contributed by atoms with van der Waals surface area (Å²) < 4.78 is 13.0. The third-order valence-electron chi connectivity index (χ3n) is 12.1. The van der Waals surface area contributed by atoms with Gasteiger partial charge in [-0.05, 0) is 102 Å². The lowest BCUT2D eigenvalue weighted by atomic mass is 9.76. The van der Waals surface area contributed by atoms with Gasteiger partial charge in [0.2, 0.25) is 18.0 Å². The van der Waals surface area contributed by atoms with Crippen LogP contribution in [0, 0.1) is 43.9 Å². The molecule has 5 fully saturated rings. The van der Waals surface area contributed by atoms with Gasteiger partial charge in [0.25, 0.3) is 0 Å². The summed E-state index contributed by atoms with van der Waals surface area (Å²) in [5, 5.41) is 44.1. The van der Waals surface area contributed by atoms with E-state index >= 15 is 0 Å². The van der Waals surface area contributed by atoms with Crippen LogP contribution in [0.1, 0.15) is 116 Å². The molecule has 0 heterocycles. The molecule has 0 spiro atoms. The molecule has 5 aliphatic rings. The van der Waals surface area contributed by atoms with Gasteiger partial charge in [0, 0.05) is 47.6 Å². The van der Waals surface area contributed by atoms with Gasteiger partial charge in [0.1, 0.15) is 0 Å². The maximum absolute atomic E-state index is 13.0. The average Bonchev–Trinajstić information content (AvgIpc) is 3.11. The van der Waals surface area contributed by atoms with Crippen molar-refractivity contribution in [1.82, 2.24) is 10.8 Å². The fourth-order valence-corrected chi connectivity index (χ4v) is 9.03. The first-order chi connectivity index (χ1) is 24.1. The first-order valence-electron chi connectivity index (χ1n) is 18.8. The third kappa shape index (κ3) is 11.0. The second kappa shape index (κ2) is 18.8. The molecule has 5 aliphatic carbocycles. The number of aliphatic carboxylic acids is 1. The van der Waals surface area contributed by atoms with Gasteiger partial charge in [-0.15, -0.1) is 0 Å². The second-order valence-electron chi connectivity index (χ2n) is 15.4. The van der Waals surface area contributed by atoms with Crippen LogP contribution in [0.3, 0.4) is 0 Å². The Morgan fingerprint density at radius 1 is 0.620 bits per heavy atom. The molecule has 16 nitrogen and oxygen atoms in total. The van der Waals surface area contributed by atoms with Crippen LogP contribution in [0.4, 0.5) is 0 Å². The second-order valence-corrected chi connectivity index (χ2v) is 15.4. The van der Waals surface area contributed by atoms with Crippen molar-refractivity contribution in [2.75, 3.05) is 13.2 Å². The van der Waals surface area contributed by atoms with Gasteiger partial charge in [-0.3, -0.25) is 35.1 Å². The number of amides is 1. The number of hydrogen-bond donors (Lipinski definition) is 4. The summed E-state index contributed by atoms with van der Waals surface area (Å²) in [5.74, 6) is -3.21. The molecule has 0 aromatic carbocycles. The van der Waals surface area contributed by atoms with Gasteiger partial charge in [-0.1, -0.05) is 0 Å². The zero-order valence-electron chi connectivity index (χ0n) is 28.9. The molecule has 0 saturated heterocycles. The van der Waals surface area contributed by atoms with Gasteiger partial charge >= 0.3 is 5.97 Å². The van der Waals surface area contributed by atoms with Crippen LogP contribution in [0.5, 0.6) is 0 Å². The monoisotopic (exact) mass is 712 g/mol. The fraction of sp³-hybridized carbons (Fsp3) is 0.941. The highest BCUT2D eigenvalue weighted by atomic mass is 17.1. The van der Waals surface area contributed by atoms with Gasteiger partial charge < -0.3 is 24.7 Å². The molecule has 0 bridgehead atoms. The zero-order valence-corrected chi connectivity index (χ0v) is 28.9. The molecule has 16 heteroatoms. The van der Waals surface area contributed by atoms with Crippen LogP contribution < -0.4 is 10.8 Å². The van der Waals surface area contributed by atoms with Crippen molar-refractivity contribution in [2.24, 2.45) is 23.7 Å². The Bertz CT molecular complexity index is 1120. The molecule has 0 aromatic heterocycles. The number of carbonyl (C=O) groups is 2. The number of nitrogens with one attached hydrogen (secondary N) is 2. The molecule has 0 aromatic rings. The summed E-state index contributed by atoms with van der Waals surface area (Å²) in [4.78, 5) is 56.9. The predicted molar refractivity (Wildman–Crippen MR) is 177 cm³/mol. The van der Waals surface area contributed by atoms with Crippen molar-refractivity contribution >= 4 is 11.9 Å².